The van der Waals surface area contributed by atoms with Crippen LogP contribution in [0.15, 0.2) is 11.8 Å². The highest BCUT2D eigenvalue weighted by Gasteiger charge is 2.26. The molecule has 0 rings (SSSR count). The quantitative estimate of drug-likeness (QED) is 0.179. The molecule has 0 bridgehead atoms. The number of aliphatic hydroxyl groups excluding tert-OH is 2. The number of nitrogens with zero attached hydrogens (tertiary/aromatic N) is 1. The number of ether oxygens (including phenoxy) is 1. The van der Waals surface area contributed by atoms with Gasteiger partial charge in [0, 0.05) is 0 Å². The van der Waals surface area contributed by atoms with Gasteiger partial charge in [-0.2, -0.15) is 0 Å². The molecular formula is C21H45NO4. The van der Waals surface area contributed by atoms with Crippen LogP contribution in [0, 0.1) is 0 Å². The summed E-state index contributed by atoms with van der Waals surface area (Å²) in [5.74, 6) is -0.428. The molecule has 0 aromatic rings. The summed E-state index contributed by atoms with van der Waals surface area (Å²) in [6.07, 6.45) is 17.3. The van der Waals surface area contributed by atoms with Gasteiger partial charge in [0.05, 0.1) is 27.2 Å². The minimum absolute atomic E-state index is 0. The zero-order chi connectivity index (χ0) is 19.0. The molecule has 0 aromatic carbocycles. The molecule has 0 unspecified atom stereocenters. The lowest BCUT2D eigenvalue weighted by Crippen LogP contribution is -2.40. The Balaban J connectivity index is 0. The van der Waals surface area contributed by atoms with Gasteiger partial charge < -0.3 is 20.4 Å². The maximum Gasteiger partial charge on any atom is 0.382 e. The van der Waals surface area contributed by atoms with Crippen molar-refractivity contribution in [2.24, 2.45) is 0 Å². The summed E-state index contributed by atoms with van der Waals surface area (Å²) in [5, 5.41) is 19.7. The Morgan fingerprint density at radius 1 is 0.692 bits per heavy atom. The van der Waals surface area contributed by atoms with Crippen molar-refractivity contribution < 1.29 is 24.9 Å². The van der Waals surface area contributed by atoms with Gasteiger partial charge in [-0.15, -0.1) is 0 Å². The van der Waals surface area contributed by atoms with E-state index >= 15 is 0 Å². The third-order valence-corrected chi connectivity index (χ3v) is 4.87. The zero-order valence-electron chi connectivity index (χ0n) is 17.8. The third-order valence-electron chi connectivity index (χ3n) is 4.87. The third kappa shape index (κ3) is 14.3. The van der Waals surface area contributed by atoms with E-state index in [2.05, 4.69) is 6.92 Å². The average Bonchev–Trinajstić information content (AvgIpc) is 2.58. The van der Waals surface area contributed by atoms with Crippen LogP contribution < -0.4 is 0 Å². The van der Waals surface area contributed by atoms with Crippen LogP contribution in [0.1, 0.15) is 97.3 Å². The summed E-state index contributed by atoms with van der Waals surface area (Å²) in [6, 6.07) is 0. The highest BCUT2D eigenvalue weighted by Crippen LogP contribution is 2.16. The van der Waals surface area contributed by atoms with Gasteiger partial charge in [-0.25, -0.2) is 0 Å². The van der Waals surface area contributed by atoms with Crippen molar-refractivity contribution in [2.75, 3.05) is 27.2 Å². The molecule has 0 aromatic heterocycles. The molecule has 0 heterocycles. The van der Waals surface area contributed by atoms with Crippen LogP contribution in [0.25, 0.3) is 0 Å². The SMILES string of the molecule is CCCCCCCCCCCCCCC[N+](C)(C)C(O)=C(O)OCC.[OH-]. The Bertz CT molecular complexity index is 343. The van der Waals surface area contributed by atoms with Crippen LogP contribution in [-0.2, 0) is 4.74 Å². The van der Waals surface area contributed by atoms with E-state index in [4.69, 9.17) is 4.74 Å². The van der Waals surface area contributed by atoms with Crippen LogP contribution >= 0.6 is 0 Å². The Labute approximate surface area is 162 Å². The molecule has 0 radical (unpaired) electrons. The van der Waals surface area contributed by atoms with Gasteiger partial charge in [0.2, 0.25) is 0 Å². The number of rotatable bonds is 17. The van der Waals surface area contributed by atoms with Gasteiger partial charge in [0.25, 0.3) is 0 Å². The lowest BCUT2D eigenvalue weighted by molar-refractivity contribution is -0.869. The number of hydrogen-bond acceptors (Lipinski definition) is 4. The minimum atomic E-state index is -0.345. The Morgan fingerprint density at radius 2 is 1.08 bits per heavy atom. The number of aliphatic hydroxyl groups is 2. The molecule has 158 valence electrons. The van der Waals surface area contributed by atoms with Crippen LogP contribution in [0.2, 0.25) is 0 Å². The van der Waals surface area contributed by atoms with E-state index in [1.165, 1.54) is 77.0 Å². The topological polar surface area (TPSA) is 79.7 Å². The molecule has 0 aliphatic carbocycles. The summed E-state index contributed by atoms with van der Waals surface area (Å²) in [7, 11) is 3.79. The summed E-state index contributed by atoms with van der Waals surface area (Å²) < 4.78 is 5.25. The average molecular weight is 376 g/mol. The van der Waals surface area contributed by atoms with Crippen LogP contribution in [0.4, 0.5) is 0 Å². The van der Waals surface area contributed by atoms with Crippen molar-refractivity contribution >= 4 is 0 Å². The Morgan fingerprint density at radius 3 is 1.46 bits per heavy atom. The molecule has 0 amide bonds. The molecule has 0 saturated heterocycles. The number of unbranched alkanes of at least 4 members (excludes halogenated alkanes) is 12. The van der Waals surface area contributed by atoms with E-state index in [1.54, 1.807) is 6.92 Å². The summed E-state index contributed by atoms with van der Waals surface area (Å²) in [4.78, 5) is 0. The molecule has 26 heavy (non-hydrogen) atoms. The second kappa shape index (κ2) is 17.5. The predicted octanol–water partition coefficient (Wildman–Crippen LogP) is 6.26. The monoisotopic (exact) mass is 375 g/mol. The van der Waals surface area contributed by atoms with Crippen molar-refractivity contribution in [3.63, 3.8) is 0 Å². The fourth-order valence-electron chi connectivity index (χ4n) is 3.09. The molecule has 5 nitrogen and oxygen atoms in total. The van der Waals surface area contributed by atoms with E-state index in [0.29, 0.717) is 6.61 Å². The van der Waals surface area contributed by atoms with Gasteiger partial charge in [0.15, 0.2) is 0 Å². The van der Waals surface area contributed by atoms with Crippen LogP contribution in [-0.4, -0.2) is 47.4 Å². The van der Waals surface area contributed by atoms with Gasteiger partial charge in [-0.1, -0.05) is 77.6 Å². The van der Waals surface area contributed by atoms with Crippen LogP contribution in [0.5, 0.6) is 0 Å². The van der Waals surface area contributed by atoms with Crippen LogP contribution in [0.3, 0.4) is 0 Å². The molecule has 3 N–H and O–H groups in total. The van der Waals surface area contributed by atoms with E-state index in [1.807, 2.05) is 14.1 Å². The van der Waals surface area contributed by atoms with E-state index < -0.39 is 0 Å². The highest BCUT2D eigenvalue weighted by atomic mass is 16.6. The van der Waals surface area contributed by atoms with Gasteiger partial charge in [-0.3, -0.25) is 4.48 Å². The maximum absolute atomic E-state index is 10.0. The van der Waals surface area contributed by atoms with E-state index in [9.17, 15) is 10.2 Å². The van der Waals surface area contributed by atoms with Gasteiger partial charge in [-0.05, 0) is 19.8 Å². The Kier molecular flexibility index (Phi) is 18.3. The molecule has 0 atom stereocenters. The Hall–Kier alpha value is -0.940. The van der Waals surface area contributed by atoms with Crippen molar-refractivity contribution in [2.45, 2.75) is 97.3 Å². The molecule has 0 saturated carbocycles. The molecule has 5 heteroatoms. The standard InChI is InChI=1S/C21H43NO3.H2O/c1-5-7-8-9-10-11-12-13-14-15-16-17-18-19-22(3,4)20(23)21(24)25-6-2;/h5-19H2,1-4H3,(H-,23,24);1H2. The number of quaternary nitrogens is 1. The maximum atomic E-state index is 10.0. The number of hydrogen-bond donors (Lipinski definition) is 2. The van der Waals surface area contributed by atoms with E-state index in [0.717, 1.165) is 13.0 Å². The summed E-state index contributed by atoms with van der Waals surface area (Å²) in [5.41, 5.74) is 0. The first kappa shape index (κ1) is 27.3. The first-order valence-corrected chi connectivity index (χ1v) is 10.5. The summed E-state index contributed by atoms with van der Waals surface area (Å²) >= 11 is 0. The smallest absolute Gasteiger partial charge is 0.382 e. The first-order valence-electron chi connectivity index (χ1n) is 10.5. The van der Waals surface area contributed by atoms with Crippen molar-refractivity contribution in [1.82, 2.24) is 0 Å². The second-order valence-corrected chi connectivity index (χ2v) is 7.71. The molecule has 0 aliphatic heterocycles. The highest BCUT2D eigenvalue weighted by molar-refractivity contribution is 4.81. The van der Waals surface area contributed by atoms with Crippen molar-refractivity contribution in [1.29, 1.82) is 0 Å². The zero-order valence-corrected chi connectivity index (χ0v) is 17.8. The molecule has 0 aliphatic rings. The van der Waals surface area contributed by atoms with Gasteiger partial charge >= 0.3 is 11.8 Å². The lowest BCUT2D eigenvalue weighted by Gasteiger charge is -2.27. The largest absolute Gasteiger partial charge is 0.870 e. The lowest BCUT2D eigenvalue weighted by atomic mass is 10.0. The predicted molar refractivity (Wildman–Crippen MR) is 109 cm³/mol. The molecular weight excluding hydrogens is 330 g/mol. The fraction of sp³-hybridized carbons (Fsp3) is 0.905. The van der Waals surface area contributed by atoms with Crippen molar-refractivity contribution in [3.8, 4) is 0 Å². The minimum Gasteiger partial charge on any atom is -0.870 e. The molecule has 0 spiro atoms. The van der Waals surface area contributed by atoms with Gasteiger partial charge in [0.1, 0.15) is 0 Å². The fourth-order valence-corrected chi connectivity index (χ4v) is 3.09. The summed E-state index contributed by atoms with van der Waals surface area (Å²) in [6.45, 7) is 5.22. The molecule has 0 fully saturated rings. The first-order chi connectivity index (χ1) is 12.0. The second-order valence-electron chi connectivity index (χ2n) is 7.71. The normalized spacial score (nSPS) is 12.5. The van der Waals surface area contributed by atoms with E-state index in [-0.39, 0.29) is 21.8 Å². The van der Waals surface area contributed by atoms with Crippen molar-refractivity contribution in [3.05, 3.63) is 11.8 Å².